The van der Waals surface area contributed by atoms with Crippen LogP contribution in [0.25, 0.3) is 0 Å². The molecule has 2 N–H and O–H groups in total. The minimum atomic E-state index is -1.08. The molecule has 0 amide bonds. The quantitative estimate of drug-likeness (QED) is 0.303. The summed E-state index contributed by atoms with van der Waals surface area (Å²) in [5.41, 5.74) is 0. The fourth-order valence-corrected chi connectivity index (χ4v) is 0.112. The summed E-state index contributed by atoms with van der Waals surface area (Å²) < 4.78 is 0. The van der Waals surface area contributed by atoms with Crippen molar-refractivity contribution in [1.82, 2.24) is 20.6 Å². The van der Waals surface area contributed by atoms with E-state index < -0.39 is 5.97 Å². The summed E-state index contributed by atoms with van der Waals surface area (Å²) in [5.74, 6) is -1.08. The van der Waals surface area contributed by atoms with Crippen LogP contribution in [0.3, 0.4) is 0 Å². The molecule has 1 rings (SSSR count). The zero-order chi connectivity index (χ0) is 7.11. The summed E-state index contributed by atoms with van der Waals surface area (Å²) in [4.78, 5) is 8.89. The van der Waals surface area contributed by atoms with Crippen molar-refractivity contribution in [3.63, 3.8) is 0 Å². The Balaban J connectivity index is 0. The fourth-order valence-electron chi connectivity index (χ4n) is 0.112. The molecule has 7 heteroatoms. The summed E-state index contributed by atoms with van der Waals surface area (Å²) in [7, 11) is 0. The smallest absolute Gasteiger partial charge is 0.503 e. The number of H-pyrrole nitrogens is 1. The molecule has 0 radical (unpaired) electrons. The number of nitrogens with one attached hydrogen (secondary N) is 1. The van der Waals surface area contributed by atoms with Gasteiger partial charge >= 0.3 is 51.4 Å². The third-order valence-electron chi connectivity index (χ3n) is 0.239. The van der Waals surface area contributed by atoms with Crippen molar-refractivity contribution in [3.05, 3.63) is 13.3 Å². The van der Waals surface area contributed by atoms with E-state index in [9.17, 15) is 0 Å². The molecule has 1 aromatic rings. The number of hydrogen-bond acceptors (Lipinski definition) is 4. The molecule has 0 unspecified atom stereocenters. The average molecular weight is 167 g/mol. The van der Waals surface area contributed by atoms with Gasteiger partial charge in [0.05, 0.1) is 0 Å². The molecule has 6 nitrogen and oxygen atoms in total. The van der Waals surface area contributed by atoms with E-state index in [-0.39, 0.29) is 51.4 Å². The molecule has 0 aliphatic rings. The molecule has 1 heterocycles. The Labute approximate surface area is 99.8 Å². The molecule has 0 fully saturated rings. The van der Waals surface area contributed by atoms with Gasteiger partial charge in [0.1, 0.15) is 0 Å². The number of aromatic nitrogens is 4. The van der Waals surface area contributed by atoms with Crippen LogP contribution >= 0.6 is 0 Å². The molecular formula is C3H4KN4O2-. The Morgan fingerprint density at radius 2 is 2.20 bits per heavy atom. The number of aliphatic carboxylic acids is 1. The molecule has 0 aromatic carbocycles. The number of nitrogens with zero attached hydrogens (tertiary/aromatic N) is 3. The second-order valence-corrected chi connectivity index (χ2v) is 0.906. The number of aromatic amines is 1. The van der Waals surface area contributed by atoms with Crippen LogP contribution in [0.15, 0.2) is 0 Å². The monoisotopic (exact) mass is 167 g/mol. The van der Waals surface area contributed by atoms with E-state index >= 15 is 0 Å². The van der Waals surface area contributed by atoms with Gasteiger partial charge in [-0.3, -0.25) is 11.7 Å². The van der Waals surface area contributed by atoms with Gasteiger partial charge in [0.2, 0.25) is 0 Å². The predicted octanol–water partition coefficient (Wildman–Crippen LogP) is -4.09. The number of hydrogen-bond donors (Lipinski definition) is 2. The van der Waals surface area contributed by atoms with Crippen LogP contribution < -0.4 is 51.4 Å². The largest absolute Gasteiger partial charge is 1.00 e. The molecule has 0 aliphatic carbocycles. The number of tetrazole rings is 1. The second kappa shape index (κ2) is 9.05. The summed E-state index contributed by atoms with van der Waals surface area (Å²) in [5, 5.41) is 19.1. The molecule has 0 spiro atoms. The van der Waals surface area contributed by atoms with Crippen molar-refractivity contribution < 1.29 is 61.3 Å². The number of carboxylic acid groups (broad SMARTS) is 1. The SMILES string of the molecule is [CH2-]C(=O)O.[K+].[c-]1nn[nH]n1. The first-order valence-corrected chi connectivity index (χ1v) is 1.88. The normalized spacial score (nSPS) is 6.40. The third kappa shape index (κ3) is 15.7. The van der Waals surface area contributed by atoms with Crippen molar-refractivity contribution >= 4 is 5.97 Å². The Bertz CT molecular complexity index is 132. The number of carboxylic acids is 1. The van der Waals surface area contributed by atoms with Crippen LogP contribution in [-0.4, -0.2) is 31.7 Å². The number of carbonyl (C=O) groups is 1. The summed E-state index contributed by atoms with van der Waals surface area (Å²) in [6.07, 6.45) is 2.19. The Morgan fingerprint density at radius 3 is 2.30 bits per heavy atom. The van der Waals surface area contributed by atoms with E-state index in [4.69, 9.17) is 9.90 Å². The minimum Gasteiger partial charge on any atom is -0.503 e. The van der Waals surface area contributed by atoms with Crippen molar-refractivity contribution in [2.75, 3.05) is 0 Å². The first kappa shape index (κ1) is 12.7. The van der Waals surface area contributed by atoms with Crippen molar-refractivity contribution in [1.29, 1.82) is 0 Å². The zero-order valence-corrected chi connectivity index (χ0v) is 8.53. The standard InChI is InChI=1S/C2H3O2.CHN4.K/c1-2(3)4;1-2-4-5-3-1;/h1H2,(H,3,4);(H,2,3,4,5);/q2*-1;+1. The Hall–Kier alpha value is 0.0464. The molecule has 50 valence electrons. The molecular weight excluding hydrogens is 163 g/mol. The van der Waals surface area contributed by atoms with Crippen LogP contribution in [0.1, 0.15) is 0 Å². The van der Waals surface area contributed by atoms with E-state index in [2.05, 4.69) is 33.9 Å². The second-order valence-electron chi connectivity index (χ2n) is 0.906. The maximum Gasteiger partial charge on any atom is 1.00 e. The van der Waals surface area contributed by atoms with Crippen molar-refractivity contribution in [3.8, 4) is 0 Å². The van der Waals surface area contributed by atoms with Gasteiger partial charge in [-0.2, -0.15) is 0 Å². The van der Waals surface area contributed by atoms with Crippen molar-refractivity contribution in [2.24, 2.45) is 0 Å². The van der Waals surface area contributed by atoms with Gasteiger partial charge in [0.25, 0.3) is 0 Å². The van der Waals surface area contributed by atoms with Crippen molar-refractivity contribution in [2.45, 2.75) is 0 Å². The average Bonchev–Trinajstić information content (AvgIpc) is 2.11. The molecule has 0 saturated heterocycles. The van der Waals surface area contributed by atoms with Crippen LogP contribution in [0.4, 0.5) is 0 Å². The topological polar surface area (TPSA) is 91.8 Å². The molecule has 1 aromatic heterocycles. The molecule has 0 bridgehead atoms. The maximum absolute atomic E-state index is 8.89. The molecule has 10 heavy (non-hydrogen) atoms. The fraction of sp³-hybridized carbons (Fsp3) is 0. The molecule has 0 aliphatic heterocycles. The summed E-state index contributed by atoms with van der Waals surface area (Å²) in [6.45, 7) is 2.56. The van der Waals surface area contributed by atoms with Crippen LogP contribution in [0, 0.1) is 13.3 Å². The Kier molecular flexibility index (Phi) is 11.5. The van der Waals surface area contributed by atoms with Gasteiger partial charge in [-0.05, 0) is 0 Å². The van der Waals surface area contributed by atoms with Gasteiger partial charge < -0.3 is 15.3 Å². The van der Waals surface area contributed by atoms with Crippen LogP contribution in [0.5, 0.6) is 0 Å². The van der Waals surface area contributed by atoms with Gasteiger partial charge in [-0.1, -0.05) is 5.21 Å². The third-order valence-corrected chi connectivity index (χ3v) is 0.239. The number of rotatable bonds is 0. The van der Waals surface area contributed by atoms with Gasteiger partial charge in [-0.25, -0.2) is 11.5 Å². The summed E-state index contributed by atoms with van der Waals surface area (Å²) in [6, 6.07) is 0. The summed E-state index contributed by atoms with van der Waals surface area (Å²) >= 11 is 0. The van der Waals surface area contributed by atoms with Crippen LogP contribution in [0.2, 0.25) is 0 Å². The van der Waals surface area contributed by atoms with E-state index in [0.29, 0.717) is 0 Å². The van der Waals surface area contributed by atoms with Crippen LogP contribution in [-0.2, 0) is 4.79 Å². The maximum atomic E-state index is 8.89. The zero-order valence-electron chi connectivity index (χ0n) is 5.40. The van der Waals surface area contributed by atoms with Gasteiger partial charge in [-0.15, -0.1) is 0 Å². The molecule has 0 atom stereocenters. The minimum absolute atomic E-state index is 0. The Morgan fingerprint density at radius 1 is 1.70 bits per heavy atom. The van der Waals surface area contributed by atoms with E-state index in [0.717, 1.165) is 0 Å². The van der Waals surface area contributed by atoms with E-state index in [1.165, 1.54) is 0 Å². The molecule has 0 saturated carbocycles. The van der Waals surface area contributed by atoms with E-state index in [1.807, 2.05) is 0 Å². The predicted molar refractivity (Wildman–Crippen MR) is 26.0 cm³/mol. The first-order valence-electron chi connectivity index (χ1n) is 1.88. The van der Waals surface area contributed by atoms with Gasteiger partial charge in [0, 0.05) is 0 Å². The first-order chi connectivity index (χ1) is 4.23. The van der Waals surface area contributed by atoms with Gasteiger partial charge in [0.15, 0.2) is 5.97 Å². The van der Waals surface area contributed by atoms with E-state index in [1.54, 1.807) is 0 Å².